The summed E-state index contributed by atoms with van der Waals surface area (Å²) in [4.78, 5) is 34.2. The molecule has 0 aromatic carbocycles. The number of unbranched alkanes of at least 4 members (excludes halogenated alkanes) is 29. The van der Waals surface area contributed by atoms with E-state index in [1.165, 1.54) is 174 Å². The molecule has 8 heteroatoms. The van der Waals surface area contributed by atoms with Gasteiger partial charge in [-0.3, -0.25) is 14.4 Å². The summed E-state index contributed by atoms with van der Waals surface area (Å²) in [5.41, 5.74) is 0.444. The number of rotatable bonds is 38. The third-order valence-corrected chi connectivity index (χ3v) is 12.3. The van der Waals surface area contributed by atoms with E-state index in [2.05, 4.69) is 33.4 Å². The van der Waals surface area contributed by atoms with Crippen LogP contribution >= 0.6 is 12.6 Å². The molecule has 0 unspecified atom stereocenters. The highest BCUT2D eigenvalue weighted by Crippen LogP contribution is 2.22. The summed E-state index contributed by atoms with van der Waals surface area (Å²) in [6, 6.07) is 0.509. The summed E-state index contributed by atoms with van der Waals surface area (Å²) in [7, 11) is -1.80. The van der Waals surface area contributed by atoms with Gasteiger partial charge in [-0.05, 0) is 19.3 Å². The molecule has 0 atom stereocenters. The maximum Gasteiger partial charge on any atom is 0.635 e. The molecule has 0 radical (unpaired) electrons. The minimum Gasteiger partial charge on any atom is -0.464 e. The lowest BCUT2D eigenvalue weighted by Crippen LogP contribution is -2.48. The molecule has 0 aromatic heterocycles. The molecule has 0 aliphatic carbocycles. The average molecular weight is 745 g/mol. The molecule has 0 fully saturated rings. The highest BCUT2D eigenvalue weighted by atomic mass is 32.1. The Morgan fingerprint density at radius 3 is 0.880 bits per heavy atom. The maximum absolute atomic E-state index is 12.7. The van der Waals surface area contributed by atoms with Crippen LogP contribution in [0.4, 0.5) is 0 Å². The molecule has 0 saturated heterocycles. The monoisotopic (exact) mass is 745 g/mol. The molecule has 0 rings (SSSR count). The van der Waals surface area contributed by atoms with Crippen LogP contribution in [0.3, 0.4) is 0 Å². The highest BCUT2D eigenvalue weighted by Gasteiger charge is 2.47. The van der Waals surface area contributed by atoms with Crippen LogP contribution in [0, 0.1) is 0 Å². The lowest BCUT2D eigenvalue weighted by molar-refractivity contribution is -0.145. The Labute approximate surface area is 317 Å². The normalized spacial score (nSPS) is 11.2. The fourth-order valence-electron chi connectivity index (χ4n) is 6.43. The van der Waals surface area contributed by atoms with Gasteiger partial charge in [0.1, 0.15) is 0 Å². The second-order valence-electron chi connectivity index (χ2n) is 14.4. The third-order valence-electron chi connectivity index (χ3n) is 9.66. The van der Waals surface area contributed by atoms with Crippen LogP contribution < -0.4 is 0 Å². The van der Waals surface area contributed by atoms with Crippen molar-refractivity contribution >= 4 is 39.0 Å². The Balaban J connectivity index is 0. The zero-order valence-corrected chi connectivity index (χ0v) is 35.6. The van der Waals surface area contributed by atoms with Gasteiger partial charge in [0.2, 0.25) is 0 Å². The van der Waals surface area contributed by atoms with Crippen molar-refractivity contribution in [3.05, 3.63) is 0 Å². The van der Waals surface area contributed by atoms with Crippen molar-refractivity contribution < 1.29 is 27.7 Å². The Hall–Kier alpha value is -0.863. The fraction of sp³-hybridized carbons (Fsp3) is 0.929. The van der Waals surface area contributed by atoms with E-state index in [9.17, 15) is 9.59 Å². The molecule has 0 saturated carbocycles. The van der Waals surface area contributed by atoms with Crippen molar-refractivity contribution in [2.45, 2.75) is 245 Å². The standard InChI is InChI=1S/C41H82O5Si.CH2OS/c1-5-8-11-13-15-17-19-21-23-25-27-29-31-33-35-37-40(42)45-47(44-4,39-10-7-3)46-41(43)38-36-34-32-30-28-26-24-22-20-18-16-14-12-9-6-2;2-1-3/h5-39H2,1-4H3;1H,(H,2,3). The van der Waals surface area contributed by atoms with Crippen molar-refractivity contribution in [1.82, 2.24) is 0 Å². The molecule has 6 nitrogen and oxygen atoms in total. The molecular weight excluding hydrogens is 661 g/mol. The van der Waals surface area contributed by atoms with Gasteiger partial charge in [0.25, 0.3) is 11.9 Å². The second-order valence-corrected chi connectivity index (χ2v) is 17.3. The topological polar surface area (TPSA) is 78.9 Å². The van der Waals surface area contributed by atoms with Crippen LogP contribution in [-0.2, 0) is 27.7 Å². The molecule has 0 N–H and O–H groups in total. The Bertz CT molecular complexity index is 674. The van der Waals surface area contributed by atoms with E-state index in [0.29, 0.717) is 24.5 Å². The molecular formula is C42H84O6SSi. The van der Waals surface area contributed by atoms with E-state index < -0.39 is 8.80 Å². The van der Waals surface area contributed by atoms with E-state index in [0.717, 1.165) is 38.5 Å². The largest absolute Gasteiger partial charge is 0.635 e. The fourth-order valence-corrected chi connectivity index (χ4v) is 8.73. The summed E-state index contributed by atoms with van der Waals surface area (Å²) in [5.74, 6) is -0.548. The number of hydrogen-bond donors (Lipinski definition) is 1. The van der Waals surface area contributed by atoms with E-state index >= 15 is 0 Å². The summed E-state index contributed by atoms with van der Waals surface area (Å²) in [6.07, 6.45) is 41.4. The van der Waals surface area contributed by atoms with Crippen LogP contribution in [0.25, 0.3) is 0 Å². The van der Waals surface area contributed by atoms with Gasteiger partial charge in [-0.1, -0.05) is 207 Å². The zero-order chi connectivity index (χ0) is 37.2. The Morgan fingerprint density at radius 2 is 0.660 bits per heavy atom. The predicted octanol–water partition coefficient (Wildman–Crippen LogP) is 14.1. The molecule has 0 aliphatic heterocycles. The van der Waals surface area contributed by atoms with Gasteiger partial charge in [-0.2, -0.15) is 0 Å². The van der Waals surface area contributed by atoms with Crippen LogP contribution in [-0.4, -0.2) is 33.5 Å². The second kappa shape index (κ2) is 42.5. The van der Waals surface area contributed by atoms with Gasteiger partial charge in [0.15, 0.2) is 5.62 Å². The van der Waals surface area contributed by atoms with Gasteiger partial charge in [0, 0.05) is 26.0 Å². The van der Waals surface area contributed by atoms with Crippen LogP contribution in [0.15, 0.2) is 0 Å². The van der Waals surface area contributed by atoms with E-state index in [4.69, 9.17) is 18.1 Å². The number of carbonyl (C=O) groups is 3. The quantitative estimate of drug-likeness (QED) is 0.0293. The molecule has 50 heavy (non-hydrogen) atoms. The first-order chi connectivity index (χ1) is 24.4. The maximum atomic E-state index is 12.7. The summed E-state index contributed by atoms with van der Waals surface area (Å²) < 4.78 is 17.4. The lowest BCUT2D eigenvalue weighted by Gasteiger charge is -2.27. The molecule has 0 aliphatic rings. The van der Waals surface area contributed by atoms with E-state index in [1.54, 1.807) is 0 Å². The average Bonchev–Trinajstić information content (AvgIpc) is 3.11. The van der Waals surface area contributed by atoms with Gasteiger partial charge in [-0.25, -0.2) is 0 Å². The predicted molar refractivity (Wildman–Crippen MR) is 219 cm³/mol. The zero-order valence-electron chi connectivity index (χ0n) is 33.7. The number of thiol groups is 1. The molecule has 0 amide bonds. The van der Waals surface area contributed by atoms with Gasteiger partial charge >= 0.3 is 8.80 Å². The third kappa shape index (κ3) is 38.4. The summed E-state index contributed by atoms with van der Waals surface area (Å²) in [5, 5.41) is 0. The Kier molecular flexibility index (Phi) is 43.6. The van der Waals surface area contributed by atoms with E-state index in [1.807, 2.05) is 0 Å². The summed E-state index contributed by atoms with van der Waals surface area (Å²) in [6.45, 7) is 6.64. The van der Waals surface area contributed by atoms with Crippen LogP contribution in [0.5, 0.6) is 0 Å². The highest BCUT2D eigenvalue weighted by molar-refractivity contribution is 7.94. The minimum absolute atomic E-state index is 0.274. The van der Waals surface area contributed by atoms with Crippen LogP contribution in [0.2, 0.25) is 6.04 Å². The number of hydrogen-bond acceptors (Lipinski definition) is 6. The first-order valence-corrected chi connectivity index (χ1v) is 24.0. The SMILES string of the molecule is CCCCCCCCCCCCCCCCCC(=O)O[Si](CCCC)(OC)OC(=O)CCCCCCCCCCCCCCCCC.O=CS. The molecule has 0 heterocycles. The molecule has 298 valence electrons. The van der Waals surface area contributed by atoms with Gasteiger partial charge in [-0.15, -0.1) is 12.6 Å². The van der Waals surface area contributed by atoms with Crippen LogP contribution in [0.1, 0.15) is 239 Å². The van der Waals surface area contributed by atoms with Crippen molar-refractivity contribution in [3.8, 4) is 0 Å². The summed E-state index contributed by atoms with van der Waals surface area (Å²) >= 11 is 3.11. The van der Waals surface area contributed by atoms with Crippen molar-refractivity contribution in [1.29, 1.82) is 0 Å². The smallest absolute Gasteiger partial charge is 0.464 e. The van der Waals surface area contributed by atoms with Crippen molar-refractivity contribution in [2.75, 3.05) is 7.11 Å². The van der Waals surface area contributed by atoms with Gasteiger partial charge in [0.05, 0.1) is 0 Å². The van der Waals surface area contributed by atoms with Gasteiger partial charge < -0.3 is 13.3 Å². The lowest BCUT2D eigenvalue weighted by atomic mass is 10.0. The molecule has 0 bridgehead atoms. The molecule has 0 aromatic rings. The first-order valence-electron chi connectivity index (χ1n) is 21.5. The van der Waals surface area contributed by atoms with Crippen molar-refractivity contribution in [3.63, 3.8) is 0 Å². The van der Waals surface area contributed by atoms with E-state index in [-0.39, 0.29) is 11.9 Å². The van der Waals surface area contributed by atoms with Crippen molar-refractivity contribution in [2.24, 2.45) is 0 Å². The first kappa shape index (κ1) is 51.2. The Morgan fingerprint density at radius 1 is 0.440 bits per heavy atom. The molecule has 0 spiro atoms. The minimum atomic E-state index is -3.33. The number of carbonyl (C=O) groups excluding carboxylic acids is 3.